The van der Waals surface area contributed by atoms with Crippen LogP contribution in [0.2, 0.25) is 0 Å². The van der Waals surface area contributed by atoms with Gasteiger partial charge in [0.25, 0.3) is 5.89 Å². The summed E-state index contributed by atoms with van der Waals surface area (Å²) in [4.78, 5) is 16.5. The van der Waals surface area contributed by atoms with Crippen LogP contribution in [0.5, 0.6) is 0 Å². The summed E-state index contributed by atoms with van der Waals surface area (Å²) in [6.07, 6.45) is 6.04. The van der Waals surface area contributed by atoms with Gasteiger partial charge in [0.05, 0.1) is 23.8 Å². The third-order valence-corrected chi connectivity index (χ3v) is 3.53. The highest BCUT2D eigenvalue weighted by molar-refractivity contribution is 6.03. The monoisotopic (exact) mass is 347 g/mol. The lowest BCUT2D eigenvalue weighted by molar-refractivity contribution is -0.111. The molecule has 0 spiro atoms. The van der Waals surface area contributed by atoms with E-state index in [1.807, 2.05) is 6.07 Å². The van der Waals surface area contributed by atoms with Crippen LogP contribution in [-0.4, -0.2) is 16.0 Å². The van der Waals surface area contributed by atoms with Crippen molar-refractivity contribution >= 4 is 17.7 Å². The molecule has 7 heteroatoms. The summed E-state index contributed by atoms with van der Waals surface area (Å²) in [5, 5.41) is 6.70. The summed E-state index contributed by atoms with van der Waals surface area (Å²) in [5.41, 5.74) is 1.16. The smallest absolute Gasteiger partial charge is 0.260 e. The Morgan fingerprint density at radius 3 is 2.65 bits per heavy atom. The van der Waals surface area contributed by atoms with Crippen molar-refractivity contribution in [1.29, 1.82) is 0 Å². The van der Waals surface area contributed by atoms with E-state index in [0.29, 0.717) is 28.6 Å². The molecule has 0 radical (unpaired) electrons. The highest BCUT2D eigenvalue weighted by Gasteiger charge is 2.16. The third kappa shape index (κ3) is 3.32. The van der Waals surface area contributed by atoms with Crippen molar-refractivity contribution in [3.8, 4) is 23.0 Å². The van der Waals surface area contributed by atoms with Gasteiger partial charge in [0.1, 0.15) is 5.76 Å². The molecule has 0 aliphatic heterocycles. The molecule has 128 valence electrons. The molecule has 0 aliphatic carbocycles. The number of aromatic nitrogens is 2. The molecule has 26 heavy (non-hydrogen) atoms. The Kier molecular flexibility index (Phi) is 4.17. The Hall–Kier alpha value is -3.87. The number of rotatable bonds is 5. The number of anilines is 1. The minimum atomic E-state index is -0.306. The van der Waals surface area contributed by atoms with Crippen LogP contribution >= 0.6 is 0 Å². The lowest BCUT2D eigenvalue weighted by atomic mass is 10.1. The Bertz CT molecular complexity index is 1030. The maximum atomic E-state index is 12.2. The van der Waals surface area contributed by atoms with E-state index in [1.54, 1.807) is 54.8 Å². The minimum Gasteiger partial charge on any atom is -0.465 e. The average molecular weight is 347 g/mol. The van der Waals surface area contributed by atoms with Crippen LogP contribution in [0.15, 0.2) is 80.5 Å². The van der Waals surface area contributed by atoms with Crippen LogP contribution in [-0.2, 0) is 4.79 Å². The van der Waals surface area contributed by atoms with Gasteiger partial charge >= 0.3 is 0 Å². The lowest BCUT2D eigenvalue weighted by Gasteiger charge is -2.06. The second-order valence-electron chi connectivity index (χ2n) is 5.28. The van der Waals surface area contributed by atoms with E-state index in [1.165, 1.54) is 12.3 Å². The molecule has 4 rings (SSSR count). The largest absolute Gasteiger partial charge is 0.465 e. The summed E-state index contributed by atoms with van der Waals surface area (Å²) < 4.78 is 15.7. The molecule has 7 nitrogen and oxygen atoms in total. The predicted octanol–water partition coefficient (Wildman–Crippen LogP) is 4.24. The molecule has 3 heterocycles. The van der Waals surface area contributed by atoms with Gasteiger partial charge in [-0.15, -0.1) is 0 Å². The van der Waals surface area contributed by atoms with Crippen LogP contribution < -0.4 is 5.32 Å². The Labute approximate surface area is 147 Å². The van der Waals surface area contributed by atoms with Crippen molar-refractivity contribution in [2.24, 2.45) is 0 Å². The number of para-hydroxylation sites is 1. The van der Waals surface area contributed by atoms with Crippen LogP contribution in [0.3, 0.4) is 0 Å². The second kappa shape index (κ2) is 6.94. The molecule has 0 aliphatic rings. The quantitative estimate of drug-likeness (QED) is 0.543. The zero-order chi connectivity index (χ0) is 17.8. The number of carbonyl (C=O) groups is 1. The zero-order valence-corrected chi connectivity index (χ0v) is 13.5. The maximum absolute atomic E-state index is 12.2. The molecule has 1 N–H and O–H groups in total. The van der Waals surface area contributed by atoms with Crippen molar-refractivity contribution in [3.63, 3.8) is 0 Å². The fourth-order valence-electron chi connectivity index (χ4n) is 2.34. The standard InChI is InChI=1S/C19H13N3O4/c23-17(10-9-13-5-3-11-24-13)20-15-7-2-1-6-14(15)19-21-18(22-26-19)16-8-4-12-25-16/h1-12H,(H,20,23). The van der Waals surface area contributed by atoms with Crippen LogP contribution in [0.1, 0.15) is 5.76 Å². The minimum absolute atomic E-state index is 0.280. The van der Waals surface area contributed by atoms with E-state index >= 15 is 0 Å². The topological polar surface area (TPSA) is 94.3 Å². The van der Waals surface area contributed by atoms with Gasteiger partial charge in [0.15, 0.2) is 5.76 Å². The Balaban J connectivity index is 1.56. The summed E-state index contributed by atoms with van der Waals surface area (Å²) in [6.45, 7) is 0. The van der Waals surface area contributed by atoms with Gasteiger partial charge < -0.3 is 18.7 Å². The molecule has 1 aromatic carbocycles. The highest BCUT2D eigenvalue weighted by atomic mass is 16.5. The van der Waals surface area contributed by atoms with Crippen molar-refractivity contribution in [3.05, 3.63) is 72.9 Å². The fraction of sp³-hybridized carbons (Fsp3) is 0. The van der Waals surface area contributed by atoms with Crippen molar-refractivity contribution in [2.45, 2.75) is 0 Å². The first-order valence-corrected chi connectivity index (χ1v) is 7.79. The fourth-order valence-corrected chi connectivity index (χ4v) is 2.34. The molecule has 0 saturated carbocycles. The van der Waals surface area contributed by atoms with Crippen molar-refractivity contribution in [2.75, 3.05) is 5.32 Å². The SMILES string of the molecule is O=C(C=Cc1ccco1)Nc1ccccc1-c1nc(-c2ccco2)no1. The van der Waals surface area contributed by atoms with Crippen molar-refractivity contribution in [1.82, 2.24) is 10.1 Å². The Morgan fingerprint density at radius 1 is 1.00 bits per heavy atom. The first kappa shape index (κ1) is 15.6. The summed E-state index contributed by atoms with van der Waals surface area (Å²) in [6, 6.07) is 14.1. The van der Waals surface area contributed by atoms with Gasteiger partial charge in [-0.1, -0.05) is 17.3 Å². The van der Waals surface area contributed by atoms with Gasteiger partial charge in [-0.2, -0.15) is 4.98 Å². The second-order valence-corrected chi connectivity index (χ2v) is 5.28. The number of hydrogen-bond acceptors (Lipinski definition) is 6. The van der Waals surface area contributed by atoms with Gasteiger partial charge in [-0.3, -0.25) is 4.79 Å². The first-order chi connectivity index (χ1) is 12.8. The molecule has 0 fully saturated rings. The van der Waals surface area contributed by atoms with E-state index in [2.05, 4.69) is 15.5 Å². The van der Waals surface area contributed by atoms with Gasteiger partial charge in [0.2, 0.25) is 11.7 Å². The number of nitrogens with zero attached hydrogens (tertiary/aromatic N) is 2. The number of nitrogens with one attached hydrogen (secondary N) is 1. The molecule has 1 amide bonds. The number of carbonyl (C=O) groups excluding carboxylic acids is 1. The molecule has 0 unspecified atom stereocenters. The van der Waals surface area contributed by atoms with Gasteiger partial charge in [-0.25, -0.2) is 0 Å². The molecule has 0 saturated heterocycles. The maximum Gasteiger partial charge on any atom is 0.260 e. The van der Waals surface area contributed by atoms with E-state index in [-0.39, 0.29) is 11.8 Å². The average Bonchev–Trinajstić information content (AvgIpc) is 3.42. The first-order valence-electron chi connectivity index (χ1n) is 7.79. The van der Waals surface area contributed by atoms with Crippen LogP contribution in [0.25, 0.3) is 29.1 Å². The molecule has 0 bridgehead atoms. The van der Waals surface area contributed by atoms with Crippen molar-refractivity contribution < 1.29 is 18.2 Å². The number of furan rings is 2. The van der Waals surface area contributed by atoms with Crippen LogP contribution in [0.4, 0.5) is 5.69 Å². The predicted molar refractivity (Wildman–Crippen MR) is 93.8 cm³/mol. The molecule has 4 aromatic rings. The van der Waals surface area contributed by atoms with E-state index in [0.717, 1.165) is 0 Å². The summed E-state index contributed by atoms with van der Waals surface area (Å²) in [7, 11) is 0. The van der Waals surface area contributed by atoms with Gasteiger partial charge in [0, 0.05) is 6.08 Å². The number of benzene rings is 1. The molecule has 3 aromatic heterocycles. The summed E-state index contributed by atoms with van der Waals surface area (Å²) in [5.74, 6) is 1.40. The van der Waals surface area contributed by atoms with E-state index < -0.39 is 0 Å². The molecular weight excluding hydrogens is 334 g/mol. The van der Waals surface area contributed by atoms with Gasteiger partial charge in [-0.05, 0) is 42.5 Å². The Morgan fingerprint density at radius 2 is 1.85 bits per heavy atom. The van der Waals surface area contributed by atoms with E-state index in [4.69, 9.17) is 13.4 Å². The molecule has 0 atom stereocenters. The summed E-state index contributed by atoms with van der Waals surface area (Å²) >= 11 is 0. The molecular formula is C19H13N3O4. The number of amides is 1. The number of hydrogen-bond donors (Lipinski definition) is 1. The van der Waals surface area contributed by atoms with E-state index in [9.17, 15) is 4.79 Å². The lowest BCUT2D eigenvalue weighted by Crippen LogP contribution is -2.08. The third-order valence-electron chi connectivity index (χ3n) is 3.53. The zero-order valence-electron chi connectivity index (χ0n) is 13.5. The normalized spacial score (nSPS) is 11.1. The highest BCUT2D eigenvalue weighted by Crippen LogP contribution is 2.28. The van der Waals surface area contributed by atoms with Crippen LogP contribution in [0, 0.1) is 0 Å².